The molecular weight excluding hydrogens is 354 g/mol. The van der Waals surface area contributed by atoms with Gasteiger partial charge in [-0.2, -0.15) is 0 Å². The average molecular weight is 363 g/mol. The summed E-state index contributed by atoms with van der Waals surface area (Å²) in [6.45, 7) is 0. The molecule has 0 aliphatic rings. The highest BCUT2D eigenvalue weighted by Crippen LogP contribution is 2.26. The number of rotatable bonds is 2. The van der Waals surface area contributed by atoms with E-state index in [1.165, 1.54) is 6.20 Å². The van der Waals surface area contributed by atoms with Crippen molar-refractivity contribution in [3.05, 3.63) is 64.0 Å². The van der Waals surface area contributed by atoms with Crippen LogP contribution in [0.1, 0.15) is 10.4 Å². The predicted molar refractivity (Wildman–Crippen MR) is 86.6 cm³/mol. The van der Waals surface area contributed by atoms with Crippen LogP contribution in [0.2, 0.25) is 5.02 Å². The van der Waals surface area contributed by atoms with E-state index in [4.69, 9.17) is 11.6 Å². The quantitative estimate of drug-likeness (QED) is 0.739. The maximum atomic E-state index is 12.3. The molecule has 104 valence electrons. The van der Waals surface area contributed by atoms with Crippen molar-refractivity contribution >= 4 is 50.0 Å². The minimum absolute atomic E-state index is 0.266. The normalized spacial score (nSPS) is 10.6. The van der Waals surface area contributed by atoms with Crippen molar-refractivity contribution in [2.45, 2.75) is 0 Å². The molecule has 2 aromatic heterocycles. The van der Waals surface area contributed by atoms with Crippen molar-refractivity contribution in [1.29, 1.82) is 0 Å². The number of carbonyl (C=O) groups excluding carboxylic acids is 1. The van der Waals surface area contributed by atoms with Crippen LogP contribution < -0.4 is 5.32 Å². The molecular formula is C15H9BrClN3O. The first-order valence-electron chi connectivity index (χ1n) is 6.10. The minimum Gasteiger partial charge on any atom is -0.320 e. The zero-order valence-electron chi connectivity index (χ0n) is 10.7. The molecule has 0 aliphatic heterocycles. The number of hydrogen-bond acceptors (Lipinski definition) is 3. The highest BCUT2D eigenvalue weighted by molar-refractivity contribution is 9.10. The first-order valence-corrected chi connectivity index (χ1v) is 7.27. The van der Waals surface area contributed by atoms with Crippen molar-refractivity contribution in [1.82, 2.24) is 9.97 Å². The molecule has 0 bridgehead atoms. The molecule has 0 unspecified atom stereocenters. The summed E-state index contributed by atoms with van der Waals surface area (Å²) in [4.78, 5) is 20.5. The van der Waals surface area contributed by atoms with E-state index in [0.29, 0.717) is 21.8 Å². The lowest BCUT2D eigenvalue weighted by atomic mass is 10.2. The number of nitrogens with one attached hydrogen (secondary N) is 1. The van der Waals surface area contributed by atoms with Crippen LogP contribution in [-0.2, 0) is 0 Å². The first-order chi connectivity index (χ1) is 10.1. The zero-order chi connectivity index (χ0) is 14.8. The Kier molecular flexibility index (Phi) is 3.86. The first kappa shape index (κ1) is 14.0. The van der Waals surface area contributed by atoms with Gasteiger partial charge in [-0.25, -0.2) is 0 Å². The van der Waals surface area contributed by atoms with Gasteiger partial charge in [-0.05, 0) is 40.2 Å². The van der Waals surface area contributed by atoms with Gasteiger partial charge >= 0.3 is 0 Å². The van der Waals surface area contributed by atoms with E-state index in [0.717, 1.165) is 9.86 Å². The highest BCUT2D eigenvalue weighted by Gasteiger charge is 2.11. The summed E-state index contributed by atoms with van der Waals surface area (Å²) in [6, 6.07) is 8.90. The van der Waals surface area contributed by atoms with E-state index in [1.54, 1.807) is 30.6 Å². The second-order valence-corrected chi connectivity index (χ2v) is 5.73. The molecule has 6 heteroatoms. The van der Waals surface area contributed by atoms with E-state index in [2.05, 4.69) is 31.2 Å². The van der Waals surface area contributed by atoms with Gasteiger partial charge in [-0.15, -0.1) is 0 Å². The van der Waals surface area contributed by atoms with Crippen molar-refractivity contribution in [2.24, 2.45) is 0 Å². The lowest BCUT2D eigenvalue weighted by Gasteiger charge is -2.09. The van der Waals surface area contributed by atoms with Crippen LogP contribution in [0.25, 0.3) is 10.9 Å². The van der Waals surface area contributed by atoms with E-state index >= 15 is 0 Å². The monoisotopic (exact) mass is 361 g/mol. The molecule has 0 aliphatic carbocycles. The topological polar surface area (TPSA) is 54.9 Å². The molecule has 0 radical (unpaired) electrons. The average Bonchev–Trinajstić information content (AvgIpc) is 2.47. The van der Waals surface area contributed by atoms with Crippen LogP contribution >= 0.6 is 27.5 Å². The molecule has 2 heterocycles. The molecule has 3 aromatic rings. The van der Waals surface area contributed by atoms with Gasteiger partial charge in [0, 0.05) is 33.5 Å². The number of amides is 1. The number of hydrogen-bond donors (Lipinski definition) is 1. The maximum absolute atomic E-state index is 12.3. The third-order valence-corrected chi connectivity index (χ3v) is 3.54. The number of aromatic nitrogens is 2. The highest BCUT2D eigenvalue weighted by atomic mass is 79.9. The minimum atomic E-state index is -0.266. The molecule has 0 atom stereocenters. The molecule has 1 N–H and O–H groups in total. The summed E-state index contributed by atoms with van der Waals surface area (Å²) in [6.07, 6.45) is 4.79. The van der Waals surface area contributed by atoms with Crippen molar-refractivity contribution < 1.29 is 4.79 Å². The number of anilines is 1. The van der Waals surface area contributed by atoms with Crippen LogP contribution in [0.5, 0.6) is 0 Å². The Labute approximate surface area is 134 Å². The smallest absolute Gasteiger partial charge is 0.257 e. The summed E-state index contributed by atoms with van der Waals surface area (Å²) >= 11 is 9.37. The summed E-state index contributed by atoms with van der Waals surface area (Å²) in [5, 5.41) is 4.23. The number of fused-ring (bicyclic) bond motifs is 1. The summed E-state index contributed by atoms with van der Waals surface area (Å²) in [5.41, 5.74) is 1.72. The molecule has 1 amide bonds. The molecule has 0 fully saturated rings. The molecule has 3 rings (SSSR count). The number of pyridine rings is 2. The van der Waals surface area contributed by atoms with Gasteiger partial charge in [0.25, 0.3) is 5.91 Å². The lowest BCUT2D eigenvalue weighted by molar-refractivity contribution is 0.102. The fraction of sp³-hybridized carbons (Fsp3) is 0. The van der Waals surface area contributed by atoms with Crippen LogP contribution in [0, 0.1) is 0 Å². The van der Waals surface area contributed by atoms with E-state index in [-0.39, 0.29) is 5.91 Å². The van der Waals surface area contributed by atoms with Gasteiger partial charge in [0.2, 0.25) is 0 Å². The van der Waals surface area contributed by atoms with Gasteiger partial charge in [0.05, 0.1) is 16.8 Å². The van der Waals surface area contributed by atoms with E-state index < -0.39 is 0 Å². The van der Waals surface area contributed by atoms with Gasteiger partial charge in [-0.1, -0.05) is 17.7 Å². The number of nitrogens with zero attached hydrogens (tertiary/aromatic N) is 2. The molecule has 1 aromatic carbocycles. The number of carbonyl (C=O) groups is 1. The second-order valence-electron chi connectivity index (χ2n) is 4.37. The summed E-state index contributed by atoms with van der Waals surface area (Å²) in [5.74, 6) is -0.266. The van der Waals surface area contributed by atoms with E-state index in [9.17, 15) is 4.79 Å². The Hall–Kier alpha value is -1.98. The van der Waals surface area contributed by atoms with Crippen LogP contribution in [-0.4, -0.2) is 15.9 Å². The standard InChI is InChI=1S/C15H9BrClN3O/c16-11-4-10(7-18-8-11)15(21)20-13-6-12(17)5-9-2-1-3-19-14(9)13/h1-8H,(H,20,21). The predicted octanol–water partition coefficient (Wildman–Crippen LogP) is 4.30. The third kappa shape index (κ3) is 3.04. The van der Waals surface area contributed by atoms with Gasteiger partial charge in [-0.3, -0.25) is 14.8 Å². The largest absolute Gasteiger partial charge is 0.320 e. The van der Waals surface area contributed by atoms with Crippen LogP contribution in [0.3, 0.4) is 0 Å². The number of halogens is 2. The van der Waals surface area contributed by atoms with Gasteiger partial charge in [0.1, 0.15) is 0 Å². The molecule has 4 nitrogen and oxygen atoms in total. The Balaban J connectivity index is 2.00. The Morgan fingerprint density at radius 1 is 1.24 bits per heavy atom. The molecule has 0 saturated carbocycles. The Morgan fingerprint density at radius 3 is 2.90 bits per heavy atom. The SMILES string of the molecule is O=C(Nc1cc(Cl)cc2cccnc12)c1cncc(Br)c1. The second kappa shape index (κ2) is 5.79. The lowest BCUT2D eigenvalue weighted by Crippen LogP contribution is -2.12. The Morgan fingerprint density at radius 2 is 2.10 bits per heavy atom. The number of benzene rings is 1. The van der Waals surface area contributed by atoms with Crippen LogP contribution in [0.4, 0.5) is 5.69 Å². The molecule has 0 spiro atoms. The fourth-order valence-electron chi connectivity index (χ4n) is 1.98. The Bertz CT molecular complexity index is 838. The van der Waals surface area contributed by atoms with Crippen molar-refractivity contribution in [3.8, 4) is 0 Å². The summed E-state index contributed by atoms with van der Waals surface area (Å²) < 4.78 is 0.740. The third-order valence-electron chi connectivity index (χ3n) is 2.88. The van der Waals surface area contributed by atoms with E-state index in [1.807, 2.05) is 12.1 Å². The summed E-state index contributed by atoms with van der Waals surface area (Å²) in [7, 11) is 0. The van der Waals surface area contributed by atoms with Gasteiger partial charge < -0.3 is 5.32 Å². The van der Waals surface area contributed by atoms with Crippen LogP contribution in [0.15, 0.2) is 53.4 Å². The maximum Gasteiger partial charge on any atom is 0.257 e. The molecule has 0 saturated heterocycles. The van der Waals surface area contributed by atoms with Gasteiger partial charge in [0.15, 0.2) is 0 Å². The van der Waals surface area contributed by atoms with Crippen molar-refractivity contribution in [2.75, 3.05) is 5.32 Å². The zero-order valence-corrected chi connectivity index (χ0v) is 13.0. The molecule has 21 heavy (non-hydrogen) atoms. The van der Waals surface area contributed by atoms with Crippen molar-refractivity contribution in [3.63, 3.8) is 0 Å². The fourth-order valence-corrected chi connectivity index (χ4v) is 2.57.